The Bertz CT molecular complexity index is 6660. The number of likely N-dealkylation sites (tertiary alicyclic amines) is 1. The zero-order valence-corrected chi connectivity index (χ0v) is 70.3. The molecule has 15 aromatic heterocycles. The third-order valence-corrected chi connectivity index (χ3v) is 26.8. The van der Waals surface area contributed by atoms with Crippen LogP contribution in [0.3, 0.4) is 0 Å². The Hall–Kier alpha value is -11.5. The number of aromatic amines is 5. The van der Waals surface area contributed by atoms with E-state index in [-0.39, 0.29) is 29.2 Å². The second-order valence-corrected chi connectivity index (χ2v) is 37.3. The number of amides is 3. The number of nitrogens with zero attached hydrogens (tertiary/aromatic N) is 17. The summed E-state index contributed by atoms with van der Waals surface area (Å²) < 4.78 is 91.0. The molecule has 9 N–H and O–H groups in total. The fraction of sp³-hybridized carbons (Fsp3) is 0.482. The second-order valence-electron chi connectivity index (χ2n) is 33.7. The Labute approximate surface area is 704 Å². The van der Waals surface area contributed by atoms with Crippen molar-refractivity contribution in [3.05, 3.63) is 132 Å². The maximum absolute atomic E-state index is 12.7. The highest BCUT2D eigenvalue weighted by molar-refractivity contribution is 7.93. The molecule has 8 aliphatic rings. The first kappa shape index (κ1) is 81.2. The number of anilines is 3. The monoisotopic (exact) mass is 1720 g/mol. The molecule has 40 heteroatoms. The van der Waals surface area contributed by atoms with Crippen LogP contribution in [0.4, 0.5) is 22.2 Å². The Morgan fingerprint density at radius 1 is 0.463 bits per heavy atom. The van der Waals surface area contributed by atoms with Crippen molar-refractivity contribution >= 4 is 139 Å². The Morgan fingerprint density at radius 3 is 1.20 bits per heavy atom. The lowest BCUT2D eigenvalue weighted by Crippen LogP contribution is -2.27. The van der Waals surface area contributed by atoms with E-state index in [2.05, 4.69) is 97.8 Å². The summed E-state index contributed by atoms with van der Waals surface area (Å²) in [5.41, 5.74) is 19.0. The van der Waals surface area contributed by atoms with Gasteiger partial charge in [0.15, 0.2) is 73.9 Å². The van der Waals surface area contributed by atoms with E-state index >= 15 is 0 Å². The molecular weight excluding hydrogens is 1620 g/mol. The number of carbonyl (C=O) groups excluding carboxylic acids is 3. The van der Waals surface area contributed by atoms with Crippen molar-refractivity contribution in [2.24, 2.45) is 11.1 Å². The summed E-state index contributed by atoms with van der Waals surface area (Å²) in [5.74, 6) is 3.83. The zero-order valence-electron chi connectivity index (χ0n) is 68.6. The van der Waals surface area contributed by atoms with Gasteiger partial charge in [-0.05, 0) is 174 Å². The number of rotatable bonds is 12. The van der Waals surface area contributed by atoms with E-state index in [1.165, 1.54) is 32.1 Å². The van der Waals surface area contributed by atoms with Crippen molar-refractivity contribution in [1.29, 1.82) is 0 Å². The molecule has 1 saturated carbocycles. The van der Waals surface area contributed by atoms with E-state index in [1.807, 2.05) is 84.9 Å². The molecule has 0 atom stereocenters. The summed E-state index contributed by atoms with van der Waals surface area (Å²) >= 11 is 0. The van der Waals surface area contributed by atoms with Crippen LogP contribution in [0.5, 0.6) is 0 Å². The van der Waals surface area contributed by atoms with E-state index < -0.39 is 31.7 Å². The standard InChI is InChI=1S/C18H23N5O3.C18H21N5O2.C17H19N5O2.C16H19N5O3S.C14H17N5O3S/c1-18(2,3)26-17(24)22-13-10-23-14(21-13)9-20-16-15(23)12(8-19-16)11-4-6-25-7-5-11;24-18(22-5-1-2-6-22)14-11-23-15(21-14)10-20-17-16(23)13(9-19-17)12-3-7-25-8-4-12;23-17(11-1-2-11)21-13-9-22-14(20-13)8-19-16-15(22)12(7-18-16)10-3-5-24-6-4-10;22-25(23)7-1-4-21(25)14-10-20-13(19-14)9-18-16-15(20)12(8-17-16)11-2-5-24-6-3-11;15-23(20,21)8-10-7-19-12(18-10)6-17-14-13(19)11(5-16-14)9-1-3-22-4-2-9/h8-11,19H,4-7H2,1-3H3,(H,22,24);9-12,19H,1-8H2;7-11,18H,1-6H2,(H,21,23);8-11,17H,1-7H2;5-7,9,16H,1-4,8H2,(H2,15,20,21). The van der Waals surface area contributed by atoms with Gasteiger partial charge in [0.25, 0.3) is 5.91 Å². The molecule has 0 spiro atoms. The fourth-order valence-corrected chi connectivity index (χ4v) is 20.1. The van der Waals surface area contributed by atoms with Gasteiger partial charge in [0.1, 0.15) is 17.0 Å². The first-order valence-corrected chi connectivity index (χ1v) is 45.7. The van der Waals surface area contributed by atoms with E-state index in [9.17, 15) is 31.2 Å². The molecule has 15 aromatic rings. The van der Waals surface area contributed by atoms with Crippen molar-refractivity contribution in [2.45, 2.75) is 158 Å². The number of H-pyrrole nitrogens is 5. The van der Waals surface area contributed by atoms with Gasteiger partial charge in [0, 0.05) is 135 Å². The summed E-state index contributed by atoms with van der Waals surface area (Å²) in [5, 5.41) is 10.7. The zero-order chi connectivity index (χ0) is 84.3. The molecule has 23 rings (SSSR count). The molecule has 0 unspecified atom stereocenters. The average Bonchev–Trinajstić information content (AvgIpc) is 1.59. The molecule has 0 radical (unpaired) electrons. The first-order chi connectivity index (χ1) is 59.7. The Balaban J connectivity index is 0.000000101. The van der Waals surface area contributed by atoms with Crippen LogP contribution in [0.15, 0.2) is 93.0 Å². The molecule has 8 fully saturated rings. The molecule has 646 valence electrons. The van der Waals surface area contributed by atoms with Crippen LogP contribution in [0.2, 0.25) is 0 Å². The maximum Gasteiger partial charge on any atom is 0.413 e. The van der Waals surface area contributed by atoms with Crippen molar-refractivity contribution in [3.63, 3.8) is 0 Å². The average molecular weight is 1720 g/mol. The largest absolute Gasteiger partial charge is 0.444 e. The topological polar surface area (TPSA) is 461 Å². The van der Waals surface area contributed by atoms with Crippen molar-refractivity contribution < 1.29 is 59.6 Å². The highest BCUT2D eigenvalue weighted by Crippen LogP contribution is 2.40. The van der Waals surface area contributed by atoms with Crippen LogP contribution in [0, 0.1) is 5.92 Å². The molecule has 22 heterocycles. The number of fused-ring (bicyclic) bond motifs is 15. The van der Waals surface area contributed by atoms with E-state index in [4.69, 9.17) is 33.6 Å². The van der Waals surface area contributed by atoms with Gasteiger partial charge in [-0.15, -0.1) is 0 Å². The first-order valence-electron chi connectivity index (χ1n) is 42.4. The number of nitrogens with one attached hydrogen (secondary N) is 7. The number of carbonyl (C=O) groups is 3. The van der Waals surface area contributed by atoms with E-state index in [1.54, 1.807) is 43.4 Å². The third kappa shape index (κ3) is 17.1. The van der Waals surface area contributed by atoms with Gasteiger partial charge in [-0.3, -0.25) is 41.2 Å². The van der Waals surface area contributed by atoms with Gasteiger partial charge < -0.3 is 63.6 Å². The maximum atomic E-state index is 12.7. The molecule has 123 heavy (non-hydrogen) atoms. The molecule has 38 nitrogen and oxygen atoms in total. The fourth-order valence-electron chi connectivity index (χ4n) is 18.0. The van der Waals surface area contributed by atoms with Crippen LogP contribution < -0.4 is 20.1 Å². The van der Waals surface area contributed by atoms with Crippen LogP contribution in [-0.2, 0) is 59.0 Å². The van der Waals surface area contributed by atoms with E-state index in [0.717, 1.165) is 236 Å². The molecular formula is C83H99N25O13S2. The lowest BCUT2D eigenvalue weighted by Gasteiger charge is -2.21. The van der Waals surface area contributed by atoms with Gasteiger partial charge in [-0.2, -0.15) is 0 Å². The number of aromatic nitrogens is 20. The number of sulfonamides is 2. The minimum atomic E-state index is -3.62. The molecule has 1 aliphatic carbocycles. The van der Waals surface area contributed by atoms with Gasteiger partial charge in [-0.25, -0.2) is 76.6 Å². The van der Waals surface area contributed by atoms with Crippen molar-refractivity contribution in [3.8, 4) is 0 Å². The third-order valence-electron chi connectivity index (χ3n) is 24.2. The number of ether oxygens (including phenoxy) is 6. The van der Waals surface area contributed by atoms with E-state index in [0.29, 0.717) is 88.3 Å². The molecule has 7 aliphatic heterocycles. The summed E-state index contributed by atoms with van der Waals surface area (Å²) in [6, 6.07) is 0. The molecule has 7 saturated heterocycles. The van der Waals surface area contributed by atoms with Gasteiger partial charge >= 0.3 is 6.09 Å². The minimum absolute atomic E-state index is 0.0255. The lowest BCUT2D eigenvalue weighted by molar-refractivity contribution is -0.117. The second kappa shape index (κ2) is 33.9. The van der Waals surface area contributed by atoms with Gasteiger partial charge in [0.2, 0.25) is 26.0 Å². The van der Waals surface area contributed by atoms with Gasteiger partial charge in [-0.1, -0.05) is 0 Å². The predicted octanol–water partition coefficient (Wildman–Crippen LogP) is 10.8. The minimum Gasteiger partial charge on any atom is -0.444 e. The van der Waals surface area contributed by atoms with Crippen LogP contribution in [0.1, 0.15) is 191 Å². The van der Waals surface area contributed by atoms with Crippen molar-refractivity contribution in [2.75, 3.05) is 106 Å². The smallest absolute Gasteiger partial charge is 0.413 e. The normalized spacial score (nSPS) is 18.7. The van der Waals surface area contributed by atoms with Crippen LogP contribution in [-0.4, -0.2) is 233 Å². The Morgan fingerprint density at radius 2 is 0.821 bits per heavy atom. The highest BCUT2D eigenvalue weighted by atomic mass is 32.2. The quantitative estimate of drug-likeness (QED) is 0.0563. The predicted molar refractivity (Wildman–Crippen MR) is 457 cm³/mol. The summed E-state index contributed by atoms with van der Waals surface area (Å²) in [6.45, 7) is 15.4. The summed E-state index contributed by atoms with van der Waals surface area (Å²) in [4.78, 5) is 99.4. The number of nitrogens with two attached hydrogens (primary N) is 1. The molecule has 0 aromatic carbocycles. The summed E-state index contributed by atoms with van der Waals surface area (Å²) in [6.07, 6.45) is 41.8. The highest BCUT2D eigenvalue weighted by Gasteiger charge is 2.35. The SMILES string of the molecule is CC(C)(C)OC(=O)Nc1cn2c(cnc3[nH]cc(C4CCOCC4)c32)n1.NS(=O)(=O)Cc1cn2c(cnc3[nH]cc(C4CCOCC4)c32)n1.O=C(Nc1cn2c(cnc3[nH]cc(C4CCOCC4)c32)n1)C1CC1.O=C(c1cn2c(cnc3[nH]cc(C4CCOCC4)c32)n1)N1CCCC1.O=S1(=O)CCCN1c1cn2c(cnc3[nH]cc(C4CCOCC4)c32)n1. The molecule has 3 amide bonds. The summed E-state index contributed by atoms with van der Waals surface area (Å²) in [7, 11) is -6.86. The number of primary sulfonamides is 1. The van der Waals surface area contributed by atoms with Gasteiger partial charge in [0.05, 0.1) is 88.6 Å². The van der Waals surface area contributed by atoms with Crippen LogP contribution >= 0.6 is 0 Å². The molecule has 0 bridgehead atoms. The number of imidazole rings is 5. The van der Waals surface area contributed by atoms with Crippen LogP contribution in [0.25, 0.3) is 84.1 Å². The lowest BCUT2D eigenvalue weighted by atomic mass is 9.93. The number of hydrogen-bond acceptors (Lipinski definition) is 23. The number of hydrogen-bond donors (Lipinski definition) is 8. The van der Waals surface area contributed by atoms with Crippen molar-refractivity contribution in [1.82, 2.24) is 102 Å². The Kier molecular flexibility index (Phi) is 22.4.